The molecule has 17 heavy (non-hydrogen) atoms. The van der Waals surface area contributed by atoms with Crippen LogP contribution in [-0.2, 0) is 6.18 Å². The number of rotatable bonds is 1. The van der Waals surface area contributed by atoms with Crippen molar-refractivity contribution in [2.24, 2.45) is 5.73 Å². The summed E-state index contributed by atoms with van der Waals surface area (Å²) in [5.41, 5.74) is 4.40. The molecule has 0 saturated carbocycles. The van der Waals surface area contributed by atoms with E-state index in [1.165, 1.54) is 0 Å². The van der Waals surface area contributed by atoms with E-state index in [1.807, 2.05) is 6.92 Å². The van der Waals surface area contributed by atoms with Crippen molar-refractivity contribution in [2.45, 2.75) is 25.6 Å². The SMILES string of the molecule is CCC(N)C#Cc1ccc(C(F)(F)F)c(F)c1. The molecule has 0 aromatic heterocycles. The Bertz CT molecular complexity index is 454. The third-order valence-corrected chi connectivity index (χ3v) is 2.12. The van der Waals surface area contributed by atoms with Crippen LogP contribution in [0.1, 0.15) is 24.5 Å². The van der Waals surface area contributed by atoms with Gasteiger partial charge in [0.25, 0.3) is 0 Å². The van der Waals surface area contributed by atoms with Crippen LogP contribution in [0.5, 0.6) is 0 Å². The number of halogens is 4. The fourth-order valence-electron chi connectivity index (χ4n) is 1.10. The first kappa shape index (κ1) is 13.5. The first-order chi connectivity index (χ1) is 7.84. The average Bonchev–Trinajstić information content (AvgIpc) is 2.24. The smallest absolute Gasteiger partial charge is 0.318 e. The first-order valence-corrected chi connectivity index (χ1v) is 4.98. The lowest BCUT2D eigenvalue weighted by molar-refractivity contribution is -0.140. The third-order valence-electron chi connectivity index (χ3n) is 2.12. The zero-order valence-corrected chi connectivity index (χ0v) is 9.11. The summed E-state index contributed by atoms with van der Waals surface area (Å²) in [5.74, 6) is 3.82. The Hall–Kier alpha value is -1.54. The quantitative estimate of drug-likeness (QED) is 0.597. The van der Waals surface area contributed by atoms with Crippen LogP contribution in [0, 0.1) is 17.7 Å². The van der Waals surface area contributed by atoms with Crippen LogP contribution < -0.4 is 5.73 Å². The monoisotopic (exact) mass is 245 g/mol. The Morgan fingerprint density at radius 1 is 1.35 bits per heavy atom. The predicted octanol–water partition coefficient (Wildman–Crippen LogP) is 2.93. The third kappa shape index (κ3) is 3.75. The number of hydrogen-bond donors (Lipinski definition) is 1. The molecule has 0 bridgehead atoms. The van der Waals surface area contributed by atoms with E-state index in [2.05, 4.69) is 11.8 Å². The minimum atomic E-state index is -4.68. The van der Waals surface area contributed by atoms with Crippen LogP contribution in [0.2, 0.25) is 0 Å². The lowest BCUT2D eigenvalue weighted by Crippen LogP contribution is -2.15. The van der Waals surface area contributed by atoms with Gasteiger partial charge in [0.2, 0.25) is 0 Å². The molecule has 2 N–H and O–H groups in total. The topological polar surface area (TPSA) is 26.0 Å². The van der Waals surface area contributed by atoms with E-state index in [-0.39, 0.29) is 11.6 Å². The van der Waals surface area contributed by atoms with Crippen molar-refractivity contribution in [2.75, 3.05) is 0 Å². The van der Waals surface area contributed by atoms with Gasteiger partial charge in [0.05, 0.1) is 11.6 Å². The molecule has 92 valence electrons. The van der Waals surface area contributed by atoms with Crippen molar-refractivity contribution >= 4 is 0 Å². The normalized spacial score (nSPS) is 12.8. The molecule has 0 heterocycles. The van der Waals surface area contributed by atoms with E-state index < -0.39 is 17.6 Å². The van der Waals surface area contributed by atoms with Crippen molar-refractivity contribution < 1.29 is 17.6 Å². The Balaban J connectivity index is 3.00. The van der Waals surface area contributed by atoms with Crippen molar-refractivity contribution in [1.82, 2.24) is 0 Å². The summed E-state index contributed by atoms with van der Waals surface area (Å²) < 4.78 is 49.9. The molecule has 1 aromatic rings. The molecule has 1 nitrogen and oxygen atoms in total. The molecular formula is C12H11F4N. The molecule has 0 aliphatic carbocycles. The Kier molecular flexibility index (Phi) is 4.13. The minimum absolute atomic E-state index is 0.180. The highest BCUT2D eigenvalue weighted by Crippen LogP contribution is 2.31. The van der Waals surface area contributed by atoms with Gasteiger partial charge in [-0.3, -0.25) is 0 Å². The maximum Gasteiger partial charge on any atom is 0.419 e. The van der Waals surface area contributed by atoms with Gasteiger partial charge >= 0.3 is 6.18 Å². The number of nitrogens with two attached hydrogens (primary N) is 1. The van der Waals surface area contributed by atoms with Crippen molar-refractivity contribution in [3.05, 3.63) is 35.1 Å². The number of benzene rings is 1. The molecule has 0 aliphatic heterocycles. The molecule has 0 fully saturated rings. The van der Waals surface area contributed by atoms with Crippen LogP contribution >= 0.6 is 0 Å². The summed E-state index contributed by atoms with van der Waals surface area (Å²) in [4.78, 5) is 0. The summed E-state index contributed by atoms with van der Waals surface area (Å²) in [5, 5.41) is 0. The summed E-state index contributed by atoms with van der Waals surface area (Å²) in [6.45, 7) is 1.83. The molecule has 0 spiro atoms. The van der Waals surface area contributed by atoms with E-state index in [4.69, 9.17) is 5.73 Å². The molecule has 0 aliphatic rings. The van der Waals surface area contributed by atoms with Gasteiger partial charge in [-0.2, -0.15) is 13.2 Å². The van der Waals surface area contributed by atoms with Gasteiger partial charge in [0, 0.05) is 5.56 Å². The second-order valence-electron chi connectivity index (χ2n) is 3.48. The predicted molar refractivity (Wildman–Crippen MR) is 56.5 cm³/mol. The first-order valence-electron chi connectivity index (χ1n) is 4.98. The van der Waals surface area contributed by atoms with Gasteiger partial charge in [-0.1, -0.05) is 18.8 Å². The average molecular weight is 245 g/mol. The van der Waals surface area contributed by atoms with Crippen LogP contribution in [0.15, 0.2) is 18.2 Å². The van der Waals surface area contributed by atoms with Crippen LogP contribution in [-0.4, -0.2) is 6.04 Å². The Morgan fingerprint density at radius 3 is 2.47 bits per heavy atom. The van der Waals surface area contributed by atoms with Crippen molar-refractivity contribution in [1.29, 1.82) is 0 Å². The van der Waals surface area contributed by atoms with Crippen molar-refractivity contribution in [3.8, 4) is 11.8 Å². The largest absolute Gasteiger partial charge is 0.419 e. The van der Waals surface area contributed by atoms with E-state index >= 15 is 0 Å². The van der Waals surface area contributed by atoms with Crippen LogP contribution in [0.4, 0.5) is 17.6 Å². The van der Waals surface area contributed by atoms with Gasteiger partial charge in [0.15, 0.2) is 0 Å². The molecule has 1 atom stereocenters. The molecule has 0 saturated heterocycles. The minimum Gasteiger partial charge on any atom is -0.318 e. The van der Waals surface area contributed by atoms with Gasteiger partial charge in [-0.15, -0.1) is 0 Å². The summed E-state index contributed by atoms with van der Waals surface area (Å²) in [6.07, 6.45) is -4.06. The molecule has 1 unspecified atom stereocenters. The standard InChI is InChI=1S/C12H11F4N/c1-2-9(17)5-3-8-4-6-10(11(13)7-8)12(14,15)16/h4,6-7,9H,2,17H2,1H3. The zero-order valence-electron chi connectivity index (χ0n) is 9.11. The second-order valence-corrected chi connectivity index (χ2v) is 3.48. The van der Waals surface area contributed by atoms with Crippen LogP contribution in [0.25, 0.3) is 0 Å². The van der Waals surface area contributed by atoms with Crippen molar-refractivity contribution in [3.63, 3.8) is 0 Å². The Labute approximate surface area is 96.6 Å². The molecule has 5 heteroatoms. The summed E-state index contributed by atoms with van der Waals surface area (Å²) >= 11 is 0. The van der Waals surface area contributed by atoms with Crippen LogP contribution in [0.3, 0.4) is 0 Å². The van der Waals surface area contributed by atoms with Gasteiger partial charge in [0.1, 0.15) is 5.82 Å². The van der Waals surface area contributed by atoms with E-state index in [1.54, 1.807) is 0 Å². The highest BCUT2D eigenvalue weighted by Gasteiger charge is 2.33. The maximum absolute atomic E-state index is 13.1. The maximum atomic E-state index is 13.1. The van der Waals surface area contributed by atoms with E-state index in [0.29, 0.717) is 12.5 Å². The fraction of sp³-hybridized carbons (Fsp3) is 0.333. The van der Waals surface area contributed by atoms with Gasteiger partial charge in [-0.25, -0.2) is 4.39 Å². The molecule has 1 aromatic carbocycles. The number of hydrogen-bond acceptors (Lipinski definition) is 1. The second kappa shape index (κ2) is 5.19. The van der Waals surface area contributed by atoms with Gasteiger partial charge < -0.3 is 5.73 Å². The van der Waals surface area contributed by atoms with E-state index in [9.17, 15) is 17.6 Å². The fourth-order valence-corrected chi connectivity index (χ4v) is 1.10. The zero-order chi connectivity index (χ0) is 13.1. The van der Waals surface area contributed by atoms with Gasteiger partial charge in [-0.05, 0) is 24.6 Å². The summed E-state index contributed by atoms with van der Waals surface area (Å²) in [6, 6.07) is 2.20. The molecule has 0 radical (unpaired) electrons. The lowest BCUT2D eigenvalue weighted by Gasteiger charge is -2.07. The Morgan fingerprint density at radius 2 is 2.00 bits per heavy atom. The number of alkyl halides is 3. The summed E-state index contributed by atoms with van der Waals surface area (Å²) in [7, 11) is 0. The van der Waals surface area contributed by atoms with E-state index in [0.717, 1.165) is 12.1 Å². The molecule has 1 rings (SSSR count). The molecule has 0 amide bonds. The highest BCUT2D eigenvalue weighted by molar-refractivity contribution is 5.38. The highest BCUT2D eigenvalue weighted by atomic mass is 19.4. The molecular weight excluding hydrogens is 234 g/mol. The lowest BCUT2D eigenvalue weighted by atomic mass is 10.1.